The first-order valence-electron chi connectivity index (χ1n) is 6.52. The molecule has 1 heterocycles. The zero-order chi connectivity index (χ0) is 12.8. The van der Waals surface area contributed by atoms with Gasteiger partial charge in [-0.2, -0.15) is 0 Å². The van der Waals surface area contributed by atoms with Gasteiger partial charge in [0.15, 0.2) is 0 Å². The molecule has 2 nitrogen and oxygen atoms in total. The van der Waals surface area contributed by atoms with Gasteiger partial charge in [0.25, 0.3) is 0 Å². The molecule has 96 valence electrons. The molecule has 0 spiro atoms. The molecule has 0 N–H and O–H groups in total. The van der Waals surface area contributed by atoms with Crippen molar-refractivity contribution >= 4 is 21.7 Å². The molecule has 1 aliphatic heterocycles. The van der Waals surface area contributed by atoms with Crippen LogP contribution in [0.3, 0.4) is 0 Å². The van der Waals surface area contributed by atoms with Gasteiger partial charge in [0, 0.05) is 23.7 Å². The summed E-state index contributed by atoms with van der Waals surface area (Å²) in [7, 11) is 0. The highest BCUT2D eigenvalue weighted by molar-refractivity contribution is 9.10. The van der Waals surface area contributed by atoms with Crippen LogP contribution >= 0.6 is 15.9 Å². The second kappa shape index (κ2) is 4.37. The quantitative estimate of drug-likeness (QED) is 0.833. The van der Waals surface area contributed by atoms with E-state index in [-0.39, 0.29) is 5.41 Å². The maximum absolute atomic E-state index is 11.5. The van der Waals surface area contributed by atoms with Gasteiger partial charge in [-0.3, -0.25) is 4.79 Å². The minimum atomic E-state index is 0.123. The van der Waals surface area contributed by atoms with Gasteiger partial charge in [0.05, 0.1) is 6.61 Å². The Kier molecular flexibility index (Phi) is 2.97. The van der Waals surface area contributed by atoms with E-state index < -0.39 is 0 Å². The van der Waals surface area contributed by atoms with E-state index in [9.17, 15) is 4.79 Å². The predicted octanol–water partition coefficient (Wildman–Crippen LogP) is 3.69. The normalized spacial score (nSPS) is 26.2. The minimum absolute atomic E-state index is 0.123. The van der Waals surface area contributed by atoms with Gasteiger partial charge in [0.2, 0.25) is 0 Å². The summed E-state index contributed by atoms with van der Waals surface area (Å²) in [5.74, 6) is 1.48. The Morgan fingerprint density at radius 3 is 2.94 bits per heavy atom. The Bertz CT molecular complexity index is 509. The van der Waals surface area contributed by atoms with Crippen molar-refractivity contribution in [1.82, 2.24) is 0 Å². The Labute approximate surface area is 116 Å². The second-order valence-corrected chi connectivity index (χ2v) is 6.77. The number of rotatable bonds is 2. The van der Waals surface area contributed by atoms with Gasteiger partial charge in [-0.25, -0.2) is 0 Å². The molecule has 0 saturated heterocycles. The van der Waals surface area contributed by atoms with Crippen molar-refractivity contribution < 1.29 is 9.53 Å². The van der Waals surface area contributed by atoms with E-state index in [1.165, 1.54) is 11.1 Å². The molecule has 3 rings (SSSR count). The van der Waals surface area contributed by atoms with Gasteiger partial charge >= 0.3 is 0 Å². The van der Waals surface area contributed by atoms with Gasteiger partial charge < -0.3 is 4.74 Å². The number of halogens is 1. The number of fused-ring (bicyclic) bond motifs is 1. The van der Waals surface area contributed by atoms with Crippen LogP contribution in [0, 0.1) is 5.41 Å². The zero-order valence-electron chi connectivity index (χ0n) is 10.6. The molecule has 1 aliphatic carbocycles. The summed E-state index contributed by atoms with van der Waals surface area (Å²) in [6.45, 7) is 3.01. The van der Waals surface area contributed by atoms with Gasteiger partial charge in [-0.1, -0.05) is 22.9 Å². The van der Waals surface area contributed by atoms with Crippen LogP contribution in [0.1, 0.15) is 37.3 Å². The van der Waals surface area contributed by atoms with Crippen LogP contribution in [-0.2, 0) is 17.6 Å². The number of hydrogen-bond acceptors (Lipinski definition) is 2. The molecule has 1 aromatic rings. The summed E-state index contributed by atoms with van der Waals surface area (Å²) in [5.41, 5.74) is 2.68. The van der Waals surface area contributed by atoms with E-state index in [0.29, 0.717) is 12.2 Å². The number of carbonyl (C=O) groups is 1. The van der Waals surface area contributed by atoms with Crippen molar-refractivity contribution in [3.05, 3.63) is 27.7 Å². The van der Waals surface area contributed by atoms with Crippen LogP contribution in [0.15, 0.2) is 16.6 Å². The Morgan fingerprint density at radius 2 is 2.22 bits per heavy atom. The van der Waals surface area contributed by atoms with Crippen molar-refractivity contribution in [3.8, 4) is 5.75 Å². The average molecular weight is 309 g/mol. The van der Waals surface area contributed by atoms with E-state index >= 15 is 0 Å². The fraction of sp³-hybridized carbons (Fsp3) is 0.533. The predicted molar refractivity (Wildman–Crippen MR) is 74.0 cm³/mol. The average Bonchev–Trinajstić information content (AvgIpc) is 2.85. The molecule has 1 unspecified atom stereocenters. The molecule has 18 heavy (non-hydrogen) atoms. The topological polar surface area (TPSA) is 26.3 Å². The summed E-state index contributed by atoms with van der Waals surface area (Å²) in [5, 5.41) is 0. The van der Waals surface area contributed by atoms with Crippen molar-refractivity contribution in [1.29, 1.82) is 0 Å². The highest BCUT2D eigenvalue weighted by Gasteiger charge is 2.35. The monoisotopic (exact) mass is 308 g/mol. The number of ether oxygens (including phenoxy) is 1. The van der Waals surface area contributed by atoms with Crippen LogP contribution in [0.4, 0.5) is 0 Å². The van der Waals surface area contributed by atoms with Crippen molar-refractivity contribution in [2.45, 2.75) is 39.0 Å². The lowest BCUT2D eigenvalue weighted by Crippen LogP contribution is -2.16. The summed E-state index contributed by atoms with van der Waals surface area (Å²) >= 11 is 3.57. The zero-order valence-corrected chi connectivity index (χ0v) is 12.2. The number of benzene rings is 1. The lowest BCUT2D eigenvalue weighted by Gasteiger charge is -2.23. The first-order valence-corrected chi connectivity index (χ1v) is 7.31. The third kappa shape index (κ3) is 2.20. The SMILES string of the molecule is CC1(Cc2cc(Br)cc3c2OCC3)CCC(=O)C1. The van der Waals surface area contributed by atoms with Crippen molar-refractivity contribution in [2.24, 2.45) is 5.41 Å². The standard InChI is InChI=1S/C15H17BrO2/c1-15(4-2-13(17)9-15)8-11-7-12(16)6-10-3-5-18-14(10)11/h6-7H,2-5,8-9H2,1H3. The summed E-state index contributed by atoms with van der Waals surface area (Å²) in [6.07, 6.45) is 4.41. The van der Waals surface area contributed by atoms with Crippen LogP contribution in [0.25, 0.3) is 0 Å². The van der Waals surface area contributed by atoms with Gasteiger partial charge in [-0.05, 0) is 41.5 Å². The van der Waals surface area contributed by atoms with E-state index in [1.54, 1.807) is 0 Å². The third-order valence-corrected chi connectivity index (χ3v) is 4.53. The van der Waals surface area contributed by atoms with Gasteiger partial charge in [0.1, 0.15) is 11.5 Å². The summed E-state index contributed by atoms with van der Waals surface area (Å²) in [6, 6.07) is 4.30. The molecule has 1 atom stereocenters. The first-order chi connectivity index (χ1) is 8.56. The lowest BCUT2D eigenvalue weighted by atomic mass is 9.81. The van der Waals surface area contributed by atoms with Crippen molar-refractivity contribution in [3.63, 3.8) is 0 Å². The summed E-state index contributed by atoms with van der Waals surface area (Å²) in [4.78, 5) is 11.5. The number of carbonyl (C=O) groups excluding carboxylic acids is 1. The van der Waals surface area contributed by atoms with E-state index in [0.717, 1.165) is 42.5 Å². The molecule has 1 aromatic carbocycles. The van der Waals surface area contributed by atoms with Gasteiger partial charge in [-0.15, -0.1) is 0 Å². The molecular formula is C15H17BrO2. The van der Waals surface area contributed by atoms with Crippen LogP contribution in [0.2, 0.25) is 0 Å². The first kappa shape index (κ1) is 12.2. The molecule has 0 bridgehead atoms. The maximum atomic E-state index is 11.5. The number of Topliss-reactive ketones (excluding diaryl/α,β-unsaturated/α-hetero) is 1. The Balaban J connectivity index is 1.91. The number of ketones is 1. The smallest absolute Gasteiger partial charge is 0.133 e. The Morgan fingerprint density at radius 1 is 1.39 bits per heavy atom. The molecule has 0 radical (unpaired) electrons. The second-order valence-electron chi connectivity index (χ2n) is 5.85. The highest BCUT2D eigenvalue weighted by Crippen LogP contribution is 2.42. The largest absolute Gasteiger partial charge is 0.493 e. The van der Waals surface area contributed by atoms with E-state index in [1.807, 2.05) is 0 Å². The van der Waals surface area contributed by atoms with Crippen LogP contribution in [0.5, 0.6) is 5.75 Å². The van der Waals surface area contributed by atoms with E-state index in [4.69, 9.17) is 4.74 Å². The number of hydrogen-bond donors (Lipinski definition) is 0. The molecule has 3 heteroatoms. The highest BCUT2D eigenvalue weighted by atomic mass is 79.9. The van der Waals surface area contributed by atoms with Crippen molar-refractivity contribution in [2.75, 3.05) is 6.61 Å². The third-order valence-electron chi connectivity index (χ3n) is 4.07. The molecule has 0 amide bonds. The van der Waals surface area contributed by atoms with Crippen LogP contribution < -0.4 is 4.74 Å². The van der Waals surface area contributed by atoms with Crippen LogP contribution in [-0.4, -0.2) is 12.4 Å². The minimum Gasteiger partial charge on any atom is -0.493 e. The maximum Gasteiger partial charge on any atom is 0.133 e. The molecule has 0 aromatic heterocycles. The van der Waals surface area contributed by atoms with E-state index in [2.05, 4.69) is 35.0 Å². The molecular weight excluding hydrogens is 292 g/mol. The Hall–Kier alpha value is -0.830. The molecule has 1 fully saturated rings. The fourth-order valence-corrected chi connectivity index (χ4v) is 3.73. The fourth-order valence-electron chi connectivity index (χ4n) is 3.18. The molecule has 1 saturated carbocycles. The lowest BCUT2D eigenvalue weighted by molar-refractivity contribution is -0.117. The molecule has 2 aliphatic rings. The summed E-state index contributed by atoms with van der Waals surface area (Å²) < 4.78 is 6.88.